The smallest absolute Gasteiger partial charge is 0.160 e. The Hall–Kier alpha value is -2.33. The van der Waals surface area contributed by atoms with Crippen LogP contribution in [0.4, 0.5) is 5.69 Å². The second kappa shape index (κ2) is 5.58. The number of phenols is 1. The van der Waals surface area contributed by atoms with Gasteiger partial charge in [0.15, 0.2) is 11.5 Å². The van der Waals surface area contributed by atoms with Crippen LogP contribution < -0.4 is 10.1 Å². The van der Waals surface area contributed by atoms with Crippen molar-refractivity contribution in [1.29, 1.82) is 0 Å². The molecule has 0 saturated carbocycles. The van der Waals surface area contributed by atoms with E-state index in [1.54, 1.807) is 12.1 Å². The number of nitrogens with one attached hydrogen (secondary N) is 2. The zero-order valence-corrected chi connectivity index (χ0v) is 12.2. The third kappa shape index (κ3) is 2.76. The van der Waals surface area contributed by atoms with Crippen LogP contribution in [0.5, 0.6) is 11.5 Å². The highest BCUT2D eigenvalue weighted by atomic mass is 35.5. The minimum Gasteiger partial charge on any atom is -0.504 e. The summed E-state index contributed by atoms with van der Waals surface area (Å²) in [6.45, 7) is 0.646. The number of methoxy groups -OCH3 is 1. The first-order valence-electron chi connectivity index (χ1n) is 6.54. The Balaban J connectivity index is 1.78. The molecule has 2 aromatic carbocycles. The van der Waals surface area contributed by atoms with E-state index in [1.165, 1.54) is 7.11 Å². The van der Waals surface area contributed by atoms with Gasteiger partial charge in [-0.1, -0.05) is 17.7 Å². The van der Waals surface area contributed by atoms with E-state index >= 15 is 0 Å². The number of anilines is 1. The molecule has 108 valence electrons. The van der Waals surface area contributed by atoms with Gasteiger partial charge in [-0.15, -0.1) is 0 Å². The highest BCUT2D eigenvalue weighted by molar-refractivity contribution is 6.31. The third-order valence-corrected chi connectivity index (χ3v) is 3.63. The molecule has 1 aromatic heterocycles. The minimum absolute atomic E-state index is 0.119. The molecule has 0 aliphatic rings. The molecule has 0 aliphatic heterocycles. The monoisotopic (exact) mass is 302 g/mol. The SMILES string of the molecule is COc1ccc(NCc2c[nH]c3cc(Cl)ccc23)cc1O. The van der Waals surface area contributed by atoms with Crippen molar-refractivity contribution in [2.45, 2.75) is 6.54 Å². The summed E-state index contributed by atoms with van der Waals surface area (Å²) in [5, 5.41) is 14.9. The number of fused-ring (bicyclic) bond motifs is 1. The maximum absolute atomic E-state index is 9.77. The predicted molar refractivity (Wildman–Crippen MR) is 85.3 cm³/mol. The normalized spacial score (nSPS) is 10.8. The van der Waals surface area contributed by atoms with Crippen LogP contribution in [-0.2, 0) is 6.54 Å². The van der Waals surface area contributed by atoms with Gasteiger partial charge in [0, 0.05) is 40.4 Å². The van der Waals surface area contributed by atoms with Crippen molar-refractivity contribution in [1.82, 2.24) is 4.98 Å². The fraction of sp³-hybridized carbons (Fsp3) is 0.125. The van der Waals surface area contributed by atoms with Crippen LogP contribution in [0.2, 0.25) is 5.02 Å². The third-order valence-electron chi connectivity index (χ3n) is 3.39. The molecule has 4 nitrogen and oxygen atoms in total. The summed E-state index contributed by atoms with van der Waals surface area (Å²) in [6, 6.07) is 11.0. The molecular formula is C16H15ClN2O2. The number of ether oxygens (including phenoxy) is 1. The molecule has 0 fully saturated rings. The Morgan fingerprint density at radius 1 is 1.24 bits per heavy atom. The molecule has 3 rings (SSSR count). The summed E-state index contributed by atoms with van der Waals surface area (Å²) in [5.74, 6) is 0.579. The van der Waals surface area contributed by atoms with Crippen molar-refractivity contribution in [2.75, 3.05) is 12.4 Å². The molecule has 21 heavy (non-hydrogen) atoms. The Morgan fingerprint density at radius 2 is 2.10 bits per heavy atom. The highest BCUT2D eigenvalue weighted by Gasteiger charge is 2.06. The van der Waals surface area contributed by atoms with Crippen molar-refractivity contribution < 1.29 is 9.84 Å². The molecule has 3 aromatic rings. The number of aromatic nitrogens is 1. The number of rotatable bonds is 4. The van der Waals surface area contributed by atoms with Crippen LogP contribution in [0.15, 0.2) is 42.6 Å². The average molecular weight is 303 g/mol. The van der Waals surface area contributed by atoms with E-state index in [9.17, 15) is 5.11 Å². The number of aromatic hydroxyl groups is 1. The average Bonchev–Trinajstić information content (AvgIpc) is 2.87. The predicted octanol–water partition coefficient (Wildman–Crippen LogP) is 4.15. The molecule has 1 heterocycles. The lowest BCUT2D eigenvalue weighted by Crippen LogP contribution is -1.98. The van der Waals surface area contributed by atoms with Gasteiger partial charge >= 0.3 is 0 Å². The lowest BCUT2D eigenvalue weighted by atomic mass is 10.1. The quantitative estimate of drug-likeness (QED) is 0.678. The van der Waals surface area contributed by atoms with E-state index in [-0.39, 0.29) is 5.75 Å². The summed E-state index contributed by atoms with van der Waals surface area (Å²) in [7, 11) is 1.53. The molecule has 0 aliphatic carbocycles. The minimum atomic E-state index is 0.119. The van der Waals surface area contributed by atoms with Gasteiger partial charge in [-0.25, -0.2) is 0 Å². The molecule has 0 spiro atoms. The van der Waals surface area contributed by atoms with Gasteiger partial charge in [0.25, 0.3) is 0 Å². The second-order valence-electron chi connectivity index (χ2n) is 4.74. The van der Waals surface area contributed by atoms with E-state index < -0.39 is 0 Å². The molecule has 0 bridgehead atoms. The van der Waals surface area contributed by atoms with Crippen molar-refractivity contribution in [3.8, 4) is 11.5 Å². The zero-order valence-electron chi connectivity index (χ0n) is 11.5. The van der Waals surface area contributed by atoms with E-state index in [0.29, 0.717) is 17.3 Å². The summed E-state index contributed by atoms with van der Waals surface area (Å²) in [4.78, 5) is 3.20. The summed E-state index contributed by atoms with van der Waals surface area (Å²) >= 11 is 5.97. The molecule has 0 saturated heterocycles. The van der Waals surface area contributed by atoms with E-state index in [1.807, 2.05) is 30.5 Å². The fourth-order valence-corrected chi connectivity index (χ4v) is 2.47. The maximum Gasteiger partial charge on any atom is 0.160 e. The van der Waals surface area contributed by atoms with Crippen LogP contribution in [0.1, 0.15) is 5.56 Å². The Kier molecular flexibility index (Phi) is 3.62. The van der Waals surface area contributed by atoms with Gasteiger partial charge in [0.2, 0.25) is 0 Å². The zero-order chi connectivity index (χ0) is 14.8. The van der Waals surface area contributed by atoms with Gasteiger partial charge in [-0.3, -0.25) is 0 Å². The number of hydrogen-bond donors (Lipinski definition) is 3. The van der Waals surface area contributed by atoms with Gasteiger partial charge in [0.1, 0.15) is 0 Å². The molecule has 0 radical (unpaired) electrons. The highest BCUT2D eigenvalue weighted by Crippen LogP contribution is 2.29. The summed E-state index contributed by atoms with van der Waals surface area (Å²) < 4.78 is 5.02. The summed E-state index contributed by atoms with van der Waals surface area (Å²) in [6.07, 6.45) is 1.96. The van der Waals surface area contributed by atoms with Crippen LogP contribution in [-0.4, -0.2) is 17.2 Å². The van der Waals surface area contributed by atoms with Crippen molar-refractivity contribution >= 4 is 28.2 Å². The number of H-pyrrole nitrogens is 1. The molecular weight excluding hydrogens is 288 g/mol. The second-order valence-corrected chi connectivity index (χ2v) is 5.18. The first-order chi connectivity index (χ1) is 10.2. The Labute approximate surface area is 127 Å². The van der Waals surface area contributed by atoms with Gasteiger partial charge < -0.3 is 20.1 Å². The lowest BCUT2D eigenvalue weighted by Gasteiger charge is -2.08. The molecule has 5 heteroatoms. The van der Waals surface area contributed by atoms with Gasteiger partial charge in [-0.2, -0.15) is 0 Å². The van der Waals surface area contributed by atoms with Crippen LogP contribution in [0.25, 0.3) is 10.9 Å². The number of aromatic amines is 1. The van der Waals surface area contributed by atoms with Crippen LogP contribution >= 0.6 is 11.6 Å². The number of benzene rings is 2. The van der Waals surface area contributed by atoms with Gasteiger partial charge in [-0.05, 0) is 29.8 Å². The van der Waals surface area contributed by atoms with E-state index in [4.69, 9.17) is 16.3 Å². The van der Waals surface area contributed by atoms with E-state index in [0.717, 1.165) is 22.2 Å². The van der Waals surface area contributed by atoms with Crippen LogP contribution in [0.3, 0.4) is 0 Å². The molecule has 0 unspecified atom stereocenters. The largest absolute Gasteiger partial charge is 0.504 e. The molecule has 0 amide bonds. The Morgan fingerprint density at radius 3 is 2.86 bits per heavy atom. The Bertz CT molecular complexity index is 783. The van der Waals surface area contributed by atoms with E-state index in [2.05, 4.69) is 10.3 Å². The lowest BCUT2D eigenvalue weighted by molar-refractivity contribution is 0.373. The first kappa shape index (κ1) is 13.6. The fourth-order valence-electron chi connectivity index (χ4n) is 2.30. The number of halogens is 1. The first-order valence-corrected chi connectivity index (χ1v) is 6.91. The number of hydrogen-bond acceptors (Lipinski definition) is 3. The maximum atomic E-state index is 9.77. The van der Waals surface area contributed by atoms with Crippen molar-refractivity contribution in [3.05, 3.63) is 53.2 Å². The van der Waals surface area contributed by atoms with Crippen LogP contribution in [0, 0.1) is 0 Å². The van der Waals surface area contributed by atoms with Gasteiger partial charge in [0.05, 0.1) is 7.11 Å². The van der Waals surface area contributed by atoms with Crippen molar-refractivity contribution in [3.63, 3.8) is 0 Å². The topological polar surface area (TPSA) is 57.3 Å². The van der Waals surface area contributed by atoms with Crippen molar-refractivity contribution in [2.24, 2.45) is 0 Å². The summed E-state index contributed by atoms with van der Waals surface area (Å²) in [5.41, 5.74) is 2.98. The molecule has 3 N–H and O–H groups in total. The number of phenolic OH excluding ortho intramolecular Hbond substituents is 1. The molecule has 0 atom stereocenters. The standard InChI is InChI=1S/C16H15ClN2O2/c1-21-16-5-3-12(7-15(16)20)18-8-10-9-19-14-6-11(17)2-4-13(10)14/h2-7,9,18-20H,8H2,1H3.